The van der Waals surface area contributed by atoms with Gasteiger partial charge in [-0.15, -0.1) is 11.6 Å². The maximum atomic E-state index is 14.0. The van der Waals surface area contributed by atoms with E-state index in [0.29, 0.717) is 15.8 Å². The van der Waals surface area contributed by atoms with Gasteiger partial charge in [-0.25, -0.2) is 9.18 Å². The highest BCUT2D eigenvalue weighted by atomic mass is 79.9. The van der Waals surface area contributed by atoms with E-state index in [9.17, 15) is 9.18 Å². The van der Waals surface area contributed by atoms with E-state index in [1.54, 1.807) is 26.0 Å². The zero-order valence-electron chi connectivity index (χ0n) is 11.3. The molecule has 0 fully saturated rings. The van der Waals surface area contributed by atoms with Crippen LogP contribution in [0.4, 0.5) is 4.39 Å². The summed E-state index contributed by atoms with van der Waals surface area (Å²) in [6.45, 7) is 3.48. The van der Waals surface area contributed by atoms with Crippen molar-refractivity contribution in [1.29, 1.82) is 0 Å². The van der Waals surface area contributed by atoms with Crippen LogP contribution >= 0.6 is 27.5 Å². The van der Waals surface area contributed by atoms with E-state index in [4.69, 9.17) is 20.9 Å². The number of aryl methyl sites for hydroxylation is 1. The number of carbonyl (C=O) groups is 1. The summed E-state index contributed by atoms with van der Waals surface area (Å²) >= 11 is 9.50. The molecule has 1 heterocycles. The predicted octanol–water partition coefficient (Wildman–Crippen LogP) is 4.39. The van der Waals surface area contributed by atoms with Gasteiger partial charge in [0.2, 0.25) is 0 Å². The van der Waals surface area contributed by atoms with Gasteiger partial charge in [-0.3, -0.25) is 0 Å². The molecule has 2 rings (SSSR count). The molecule has 1 aromatic carbocycles. The molecule has 0 radical (unpaired) electrons. The van der Waals surface area contributed by atoms with E-state index in [-0.39, 0.29) is 17.9 Å². The van der Waals surface area contributed by atoms with Crippen LogP contribution in [-0.4, -0.2) is 17.7 Å². The minimum Gasteiger partial charge on any atom is -0.461 e. The van der Waals surface area contributed by atoms with Gasteiger partial charge in [-0.2, -0.15) is 0 Å². The van der Waals surface area contributed by atoms with Crippen LogP contribution in [-0.2, 0) is 4.74 Å². The van der Waals surface area contributed by atoms with Crippen molar-refractivity contribution in [3.05, 3.63) is 51.1 Å². The molecule has 7 heteroatoms. The molecule has 0 aliphatic heterocycles. The van der Waals surface area contributed by atoms with Crippen molar-refractivity contribution in [1.82, 2.24) is 5.16 Å². The average Bonchev–Trinajstić information content (AvgIpc) is 2.80. The zero-order valence-corrected chi connectivity index (χ0v) is 13.7. The third-order valence-corrected chi connectivity index (χ3v) is 3.81. The second-order valence-electron chi connectivity index (χ2n) is 4.25. The molecule has 4 nitrogen and oxygen atoms in total. The monoisotopic (exact) mass is 375 g/mol. The van der Waals surface area contributed by atoms with Crippen LogP contribution in [0.5, 0.6) is 0 Å². The van der Waals surface area contributed by atoms with Gasteiger partial charge in [-0.1, -0.05) is 27.2 Å². The minimum absolute atomic E-state index is 0.0309. The fourth-order valence-electron chi connectivity index (χ4n) is 1.89. The molecule has 0 aliphatic rings. The van der Waals surface area contributed by atoms with Crippen molar-refractivity contribution in [2.45, 2.75) is 19.2 Å². The third-order valence-electron chi connectivity index (χ3n) is 2.87. The largest absolute Gasteiger partial charge is 0.461 e. The first-order valence-electron chi connectivity index (χ1n) is 6.18. The molecule has 0 N–H and O–H groups in total. The quantitative estimate of drug-likeness (QED) is 0.586. The normalized spacial score (nSPS) is 12.2. The molecule has 0 amide bonds. The molecule has 1 atom stereocenters. The molecule has 21 heavy (non-hydrogen) atoms. The van der Waals surface area contributed by atoms with E-state index in [1.807, 2.05) is 0 Å². The highest BCUT2D eigenvalue weighted by Gasteiger charge is 2.28. The lowest BCUT2D eigenvalue weighted by molar-refractivity contribution is 0.0513. The maximum Gasteiger partial charge on any atom is 0.360 e. The van der Waals surface area contributed by atoms with Crippen molar-refractivity contribution in [3.8, 4) is 0 Å². The standard InChI is InChI=1S/C14H12BrClFNO3/c1-3-20-14(19)13-11(7(2)21-18-13)12(16)9-5-4-8(15)6-10(9)17/h4-6,12H,3H2,1-2H3. The van der Waals surface area contributed by atoms with Crippen molar-refractivity contribution < 1.29 is 18.4 Å². The minimum atomic E-state index is -0.899. The summed E-state index contributed by atoms with van der Waals surface area (Å²) in [5.74, 6) is -0.785. The van der Waals surface area contributed by atoms with Crippen molar-refractivity contribution in [3.63, 3.8) is 0 Å². The van der Waals surface area contributed by atoms with Gasteiger partial charge in [0.25, 0.3) is 0 Å². The van der Waals surface area contributed by atoms with E-state index in [1.165, 1.54) is 6.07 Å². The predicted molar refractivity (Wildman–Crippen MR) is 79.0 cm³/mol. The lowest BCUT2D eigenvalue weighted by Gasteiger charge is -2.11. The fraction of sp³-hybridized carbons (Fsp3) is 0.286. The SMILES string of the molecule is CCOC(=O)c1noc(C)c1C(Cl)c1ccc(Br)cc1F. The summed E-state index contributed by atoms with van der Waals surface area (Å²) < 4.78 is 24.5. The highest BCUT2D eigenvalue weighted by Crippen LogP contribution is 2.35. The second-order valence-corrected chi connectivity index (χ2v) is 5.60. The molecule has 0 saturated heterocycles. The lowest BCUT2D eigenvalue weighted by Crippen LogP contribution is -2.10. The van der Waals surface area contributed by atoms with E-state index in [2.05, 4.69) is 21.1 Å². The van der Waals surface area contributed by atoms with Crippen molar-refractivity contribution in [2.75, 3.05) is 6.61 Å². The summed E-state index contributed by atoms with van der Waals surface area (Å²) in [7, 11) is 0. The Morgan fingerprint density at radius 3 is 2.90 bits per heavy atom. The third kappa shape index (κ3) is 3.27. The molecule has 0 saturated carbocycles. The van der Waals surface area contributed by atoms with Gasteiger partial charge in [-0.05, 0) is 26.0 Å². The number of aromatic nitrogens is 1. The van der Waals surface area contributed by atoms with Crippen LogP contribution in [0, 0.1) is 12.7 Å². The Labute approximate surface area is 134 Å². The van der Waals surface area contributed by atoms with Crippen LogP contribution < -0.4 is 0 Å². The van der Waals surface area contributed by atoms with E-state index < -0.39 is 17.2 Å². The van der Waals surface area contributed by atoms with Crippen LogP contribution in [0.25, 0.3) is 0 Å². The summed E-state index contributed by atoms with van der Waals surface area (Å²) in [5, 5.41) is 2.76. The van der Waals surface area contributed by atoms with Crippen LogP contribution in [0.1, 0.15) is 39.7 Å². The Morgan fingerprint density at radius 1 is 1.57 bits per heavy atom. The lowest BCUT2D eigenvalue weighted by atomic mass is 10.0. The number of halogens is 3. The molecule has 112 valence electrons. The highest BCUT2D eigenvalue weighted by molar-refractivity contribution is 9.10. The molecule has 2 aromatic rings. The second kappa shape index (κ2) is 6.58. The van der Waals surface area contributed by atoms with Crippen LogP contribution in [0.3, 0.4) is 0 Å². The number of esters is 1. The number of rotatable bonds is 4. The number of ether oxygens (including phenoxy) is 1. The van der Waals surface area contributed by atoms with Crippen molar-refractivity contribution in [2.24, 2.45) is 0 Å². The van der Waals surface area contributed by atoms with Crippen molar-refractivity contribution >= 4 is 33.5 Å². The van der Waals surface area contributed by atoms with Crippen LogP contribution in [0.2, 0.25) is 0 Å². The van der Waals surface area contributed by atoms with Gasteiger partial charge in [0.05, 0.1) is 17.5 Å². The first kappa shape index (κ1) is 16.0. The smallest absolute Gasteiger partial charge is 0.360 e. The summed E-state index contributed by atoms with van der Waals surface area (Å²) in [6, 6.07) is 4.51. The van der Waals surface area contributed by atoms with Crippen LogP contribution in [0.15, 0.2) is 27.2 Å². The van der Waals surface area contributed by atoms with Gasteiger partial charge in [0.1, 0.15) is 11.6 Å². The maximum absolute atomic E-state index is 14.0. The number of hydrogen-bond donors (Lipinski definition) is 0. The molecule has 0 spiro atoms. The topological polar surface area (TPSA) is 52.3 Å². The Morgan fingerprint density at radius 2 is 2.29 bits per heavy atom. The Bertz CT molecular complexity index is 674. The van der Waals surface area contributed by atoms with E-state index in [0.717, 1.165) is 0 Å². The summed E-state index contributed by atoms with van der Waals surface area (Å²) in [4.78, 5) is 11.8. The number of alkyl halides is 1. The number of hydrogen-bond acceptors (Lipinski definition) is 4. The number of carbonyl (C=O) groups excluding carboxylic acids is 1. The molecule has 1 unspecified atom stereocenters. The van der Waals surface area contributed by atoms with Gasteiger partial charge < -0.3 is 9.26 Å². The first-order valence-corrected chi connectivity index (χ1v) is 7.41. The summed E-state index contributed by atoms with van der Waals surface area (Å²) in [6.07, 6.45) is 0. The Hall–Kier alpha value is -1.40. The Balaban J connectivity index is 2.45. The fourth-order valence-corrected chi connectivity index (χ4v) is 2.65. The molecular weight excluding hydrogens is 365 g/mol. The number of nitrogens with zero attached hydrogens (tertiary/aromatic N) is 1. The van der Waals surface area contributed by atoms with Gasteiger partial charge in [0.15, 0.2) is 5.69 Å². The molecule has 1 aromatic heterocycles. The average molecular weight is 377 g/mol. The summed E-state index contributed by atoms with van der Waals surface area (Å²) in [5.41, 5.74) is 0.518. The first-order chi connectivity index (χ1) is 9.95. The van der Waals surface area contributed by atoms with E-state index >= 15 is 0 Å². The zero-order chi connectivity index (χ0) is 15.6. The molecular formula is C14H12BrClFNO3. The molecule has 0 aliphatic carbocycles. The van der Waals surface area contributed by atoms with Gasteiger partial charge >= 0.3 is 5.97 Å². The Kier molecular flexibility index (Phi) is 5.00. The molecule has 0 bridgehead atoms. The van der Waals surface area contributed by atoms with Gasteiger partial charge in [0, 0.05) is 10.0 Å². The number of benzene rings is 1.